The highest BCUT2D eigenvalue weighted by atomic mass is 32.2. The first-order valence-corrected chi connectivity index (χ1v) is 8.06. The zero-order chi connectivity index (χ0) is 14.8. The lowest BCUT2D eigenvalue weighted by atomic mass is 10.1. The second-order valence-corrected chi connectivity index (χ2v) is 5.56. The number of hydrogen-bond acceptors (Lipinski definition) is 5. The van der Waals surface area contributed by atoms with Crippen LogP contribution in [0.2, 0.25) is 0 Å². The minimum absolute atomic E-state index is 0.191. The van der Waals surface area contributed by atoms with Gasteiger partial charge in [0.2, 0.25) is 0 Å². The Bertz CT molecular complexity index is 387. The number of rotatable bonds is 10. The number of thioether (sulfide) groups is 1. The zero-order valence-electron chi connectivity index (χ0n) is 12.5. The number of ether oxygens (including phenoxy) is 2. The van der Waals surface area contributed by atoms with Crippen LogP contribution >= 0.6 is 11.8 Å². The van der Waals surface area contributed by atoms with E-state index in [2.05, 4.69) is 12.2 Å². The van der Waals surface area contributed by atoms with Crippen LogP contribution in [0.4, 0.5) is 0 Å². The van der Waals surface area contributed by atoms with Crippen molar-refractivity contribution in [3.8, 4) is 11.5 Å². The maximum atomic E-state index is 8.92. The van der Waals surface area contributed by atoms with Gasteiger partial charge in [0.1, 0.15) is 11.5 Å². The Balaban J connectivity index is 2.90. The summed E-state index contributed by atoms with van der Waals surface area (Å²) in [6.45, 7) is 3.30. The molecule has 0 heterocycles. The highest BCUT2D eigenvalue weighted by molar-refractivity contribution is 7.99. The van der Waals surface area contributed by atoms with E-state index < -0.39 is 0 Å². The van der Waals surface area contributed by atoms with Crippen molar-refractivity contribution in [3.63, 3.8) is 0 Å². The molecule has 1 aromatic rings. The largest absolute Gasteiger partial charge is 0.497 e. The van der Waals surface area contributed by atoms with Crippen molar-refractivity contribution < 1.29 is 14.6 Å². The monoisotopic (exact) mass is 299 g/mol. The van der Waals surface area contributed by atoms with Gasteiger partial charge in [-0.2, -0.15) is 11.8 Å². The van der Waals surface area contributed by atoms with Crippen molar-refractivity contribution in [2.75, 3.05) is 38.9 Å². The number of aliphatic hydroxyl groups is 1. The third-order valence-corrected chi connectivity index (χ3v) is 4.01. The van der Waals surface area contributed by atoms with Crippen LogP contribution in [0.1, 0.15) is 24.9 Å². The van der Waals surface area contributed by atoms with Crippen molar-refractivity contribution >= 4 is 11.8 Å². The lowest BCUT2D eigenvalue weighted by Crippen LogP contribution is -2.25. The molecule has 20 heavy (non-hydrogen) atoms. The van der Waals surface area contributed by atoms with E-state index in [4.69, 9.17) is 14.6 Å². The van der Waals surface area contributed by atoms with Crippen LogP contribution in [-0.2, 0) is 0 Å². The first-order chi connectivity index (χ1) is 9.76. The molecule has 114 valence electrons. The molecule has 0 aliphatic rings. The van der Waals surface area contributed by atoms with Gasteiger partial charge in [0, 0.05) is 23.1 Å². The molecule has 1 rings (SSSR count). The van der Waals surface area contributed by atoms with Crippen LogP contribution in [0, 0.1) is 0 Å². The molecule has 0 aliphatic carbocycles. The van der Waals surface area contributed by atoms with Crippen molar-refractivity contribution in [1.29, 1.82) is 0 Å². The van der Waals surface area contributed by atoms with Gasteiger partial charge in [0.25, 0.3) is 0 Å². The fourth-order valence-electron chi connectivity index (χ4n) is 1.95. The summed E-state index contributed by atoms with van der Waals surface area (Å²) in [6, 6.07) is 6.05. The maximum absolute atomic E-state index is 8.92. The standard InChI is InChI=1S/C15H25NO3S/c1-4-7-16-14(11-20-9-8-17)13-10-12(18-2)5-6-15(13)19-3/h5-6,10,14,16-17H,4,7-9,11H2,1-3H3. The minimum atomic E-state index is 0.191. The summed E-state index contributed by atoms with van der Waals surface area (Å²) in [6.07, 6.45) is 1.08. The first-order valence-electron chi connectivity index (χ1n) is 6.90. The Morgan fingerprint density at radius 3 is 2.70 bits per heavy atom. The molecule has 5 heteroatoms. The van der Waals surface area contributed by atoms with Crippen LogP contribution in [0.5, 0.6) is 11.5 Å². The van der Waals surface area contributed by atoms with Crippen LogP contribution in [0.25, 0.3) is 0 Å². The molecule has 1 aromatic carbocycles. The molecule has 0 fully saturated rings. The normalized spacial score (nSPS) is 12.2. The van der Waals surface area contributed by atoms with E-state index in [1.54, 1.807) is 26.0 Å². The Morgan fingerprint density at radius 1 is 1.30 bits per heavy atom. The smallest absolute Gasteiger partial charge is 0.123 e. The molecular weight excluding hydrogens is 274 g/mol. The molecular formula is C15H25NO3S. The van der Waals surface area contributed by atoms with Crippen LogP contribution in [-0.4, -0.2) is 44.0 Å². The molecule has 2 N–H and O–H groups in total. The quantitative estimate of drug-likeness (QED) is 0.650. The molecule has 1 unspecified atom stereocenters. The van der Waals surface area contributed by atoms with Gasteiger partial charge in [0.15, 0.2) is 0 Å². The van der Waals surface area contributed by atoms with E-state index in [1.165, 1.54) is 0 Å². The summed E-state index contributed by atoms with van der Waals surface area (Å²) >= 11 is 1.73. The van der Waals surface area contributed by atoms with Crippen LogP contribution < -0.4 is 14.8 Å². The fraction of sp³-hybridized carbons (Fsp3) is 0.600. The summed E-state index contributed by atoms with van der Waals surface area (Å²) in [7, 11) is 3.35. The van der Waals surface area contributed by atoms with Crippen molar-refractivity contribution in [3.05, 3.63) is 23.8 Å². The second kappa shape index (κ2) is 9.91. The highest BCUT2D eigenvalue weighted by Crippen LogP contribution is 2.31. The molecule has 1 atom stereocenters. The Morgan fingerprint density at radius 2 is 2.10 bits per heavy atom. The molecule has 0 aromatic heterocycles. The lowest BCUT2D eigenvalue weighted by molar-refractivity contribution is 0.322. The highest BCUT2D eigenvalue weighted by Gasteiger charge is 2.16. The fourth-order valence-corrected chi connectivity index (χ4v) is 2.78. The Labute approximate surface area is 125 Å². The number of benzene rings is 1. The second-order valence-electron chi connectivity index (χ2n) is 4.41. The summed E-state index contributed by atoms with van der Waals surface area (Å²) < 4.78 is 10.8. The van der Waals surface area contributed by atoms with Crippen molar-refractivity contribution in [1.82, 2.24) is 5.32 Å². The van der Waals surface area contributed by atoms with Crippen molar-refractivity contribution in [2.24, 2.45) is 0 Å². The Kier molecular flexibility index (Phi) is 8.49. The van der Waals surface area contributed by atoms with Gasteiger partial charge in [-0.15, -0.1) is 0 Å². The molecule has 4 nitrogen and oxygen atoms in total. The van der Waals surface area contributed by atoms with Gasteiger partial charge in [0.05, 0.1) is 20.8 Å². The predicted molar refractivity (Wildman–Crippen MR) is 85.0 cm³/mol. The van der Waals surface area contributed by atoms with Gasteiger partial charge in [-0.05, 0) is 31.2 Å². The van der Waals surface area contributed by atoms with E-state index in [0.717, 1.165) is 41.5 Å². The zero-order valence-corrected chi connectivity index (χ0v) is 13.3. The Hall–Kier alpha value is -0.910. The molecule has 0 bridgehead atoms. The van der Waals surface area contributed by atoms with Gasteiger partial charge < -0.3 is 19.9 Å². The van der Waals surface area contributed by atoms with E-state index >= 15 is 0 Å². The summed E-state index contributed by atoms with van der Waals surface area (Å²) in [5, 5.41) is 12.5. The molecule has 0 amide bonds. The van der Waals surface area contributed by atoms with E-state index in [1.807, 2.05) is 18.2 Å². The number of aliphatic hydroxyl groups excluding tert-OH is 1. The average molecular weight is 299 g/mol. The SMILES string of the molecule is CCCNC(CSCCO)c1cc(OC)ccc1OC. The average Bonchev–Trinajstić information content (AvgIpc) is 2.50. The van der Waals surface area contributed by atoms with Gasteiger partial charge in [-0.3, -0.25) is 0 Å². The first kappa shape index (κ1) is 17.1. The molecule has 0 radical (unpaired) electrons. The third-order valence-electron chi connectivity index (χ3n) is 2.97. The third kappa shape index (κ3) is 5.23. The summed E-state index contributed by atoms with van der Waals surface area (Å²) in [5.74, 6) is 3.33. The molecule has 0 spiro atoms. The number of methoxy groups -OCH3 is 2. The van der Waals surface area contributed by atoms with Gasteiger partial charge in [-0.25, -0.2) is 0 Å². The van der Waals surface area contributed by atoms with Gasteiger partial charge >= 0.3 is 0 Å². The lowest BCUT2D eigenvalue weighted by Gasteiger charge is -2.21. The minimum Gasteiger partial charge on any atom is -0.497 e. The van der Waals surface area contributed by atoms with E-state index in [0.29, 0.717) is 0 Å². The van der Waals surface area contributed by atoms with E-state index in [-0.39, 0.29) is 12.6 Å². The van der Waals surface area contributed by atoms with Crippen LogP contribution in [0.3, 0.4) is 0 Å². The topological polar surface area (TPSA) is 50.7 Å². The summed E-state index contributed by atoms with van der Waals surface area (Å²) in [4.78, 5) is 0. The number of hydrogen-bond donors (Lipinski definition) is 2. The predicted octanol–water partition coefficient (Wildman–Crippen LogP) is 2.47. The maximum Gasteiger partial charge on any atom is 0.123 e. The van der Waals surface area contributed by atoms with Crippen molar-refractivity contribution in [2.45, 2.75) is 19.4 Å². The van der Waals surface area contributed by atoms with E-state index in [9.17, 15) is 0 Å². The molecule has 0 aliphatic heterocycles. The van der Waals surface area contributed by atoms with Gasteiger partial charge in [-0.1, -0.05) is 6.92 Å². The number of nitrogens with one attached hydrogen (secondary N) is 1. The summed E-state index contributed by atoms with van der Waals surface area (Å²) in [5.41, 5.74) is 1.10. The van der Waals surface area contributed by atoms with Crippen LogP contribution in [0.15, 0.2) is 18.2 Å². The molecule has 0 saturated carbocycles. The molecule has 0 saturated heterocycles.